The fraction of sp³-hybridized carbons (Fsp3) is 0.462. The van der Waals surface area contributed by atoms with Crippen molar-refractivity contribution in [1.29, 1.82) is 0 Å². The van der Waals surface area contributed by atoms with Crippen molar-refractivity contribution in [3.05, 3.63) is 36.7 Å². The van der Waals surface area contributed by atoms with E-state index in [0.717, 1.165) is 31.9 Å². The van der Waals surface area contributed by atoms with Gasteiger partial charge in [-0.3, -0.25) is 0 Å². The summed E-state index contributed by atoms with van der Waals surface area (Å²) in [5.41, 5.74) is 1.34. The second-order valence-electron chi connectivity index (χ2n) is 4.74. The van der Waals surface area contributed by atoms with Crippen LogP contribution in [-0.2, 0) is 7.05 Å². The normalized spacial score (nSPS) is 17.1. The summed E-state index contributed by atoms with van der Waals surface area (Å²) < 4.78 is 2.12. The molecule has 0 radical (unpaired) electrons. The molecule has 1 saturated heterocycles. The van der Waals surface area contributed by atoms with Crippen molar-refractivity contribution in [2.24, 2.45) is 7.05 Å². The van der Waals surface area contributed by atoms with Gasteiger partial charge in [-0.2, -0.15) is 0 Å². The minimum Gasteiger partial charge on any atom is -0.341 e. The van der Waals surface area contributed by atoms with Crippen LogP contribution in [-0.4, -0.2) is 32.6 Å². The summed E-state index contributed by atoms with van der Waals surface area (Å²) in [4.78, 5) is 15.1. The molecular formula is C13H17N5. The number of anilines is 1. The molecule has 94 valence electrons. The maximum Gasteiger partial charge on any atom is 0.225 e. The van der Waals surface area contributed by atoms with E-state index in [1.54, 1.807) is 12.4 Å². The molecule has 3 rings (SSSR count). The van der Waals surface area contributed by atoms with Crippen LogP contribution in [0.2, 0.25) is 0 Å². The van der Waals surface area contributed by atoms with Crippen molar-refractivity contribution in [3.8, 4) is 0 Å². The molecule has 5 heteroatoms. The van der Waals surface area contributed by atoms with Gasteiger partial charge in [-0.25, -0.2) is 15.0 Å². The summed E-state index contributed by atoms with van der Waals surface area (Å²) in [7, 11) is 2.06. The molecule has 2 aromatic heterocycles. The molecule has 3 heterocycles. The number of nitrogens with zero attached hydrogens (tertiary/aromatic N) is 5. The predicted octanol–water partition coefficient (Wildman–Crippen LogP) is 1.59. The Kier molecular flexibility index (Phi) is 2.96. The molecule has 0 spiro atoms. The highest BCUT2D eigenvalue weighted by atomic mass is 15.2. The summed E-state index contributed by atoms with van der Waals surface area (Å²) in [6, 6.07) is 1.85. The molecule has 1 aliphatic heterocycles. The number of hydrogen-bond acceptors (Lipinski definition) is 4. The van der Waals surface area contributed by atoms with Crippen LogP contribution in [0.3, 0.4) is 0 Å². The van der Waals surface area contributed by atoms with E-state index >= 15 is 0 Å². The summed E-state index contributed by atoms with van der Waals surface area (Å²) >= 11 is 0. The molecule has 0 unspecified atom stereocenters. The Morgan fingerprint density at radius 2 is 1.89 bits per heavy atom. The van der Waals surface area contributed by atoms with Crippen LogP contribution >= 0.6 is 0 Å². The molecule has 0 N–H and O–H groups in total. The lowest BCUT2D eigenvalue weighted by molar-refractivity contribution is 0.480. The first-order valence-corrected chi connectivity index (χ1v) is 6.33. The van der Waals surface area contributed by atoms with E-state index in [-0.39, 0.29) is 0 Å². The lowest BCUT2D eigenvalue weighted by atomic mass is 9.94. The number of rotatable bonds is 2. The van der Waals surface area contributed by atoms with Crippen molar-refractivity contribution < 1.29 is 0 Å². The van der Waals surface area contributed by atoms with Gasteiger partial charge in [0.05, 0.1) is 6.33 Å². The molecule has 1 aliphatic rings. The van der Waals surface area contributed by atoms with Crippen LogP contribution in [0.5, 0.6) is 0 Å². The van der Waals surface area contributed by atoms with Crippen LogP contribution in [0.15, 0.2) is 31.0 Å². The topological polar surface area (TPSA) is 46.8 Å². The zero-order valence-corrected chi connectivity index (χ0v) is 10.5. The fourth-order valence-electron chi connectivity index (χ4n) is 2.59. The Morgan fingerprint density at radius 1 is 1.17 bits per heavy atom. The van der Waals surface area contributed by atoms with Gasteiger partial charge in [0.1, 0.15) is 0 Å². The maximum atomic E-state index is 4.31. The minimum absolute atomic E-state index is 0.609. The lowest BCUT2D eigenvalue weighted by Gasteiger charge is -2.31. The average molecular weight is 243 g/mol. The van der Waals surface area contributed by atoms with Crippen LogP contribution in [0.25, 0.3) is 0 Å². The van der Waals surface area contributed by atoms with Crippen molar-refractivity contribution in [1.82, 2.24) is 19.5 Å². The number of aryl methyl sites for hydroxylation is 1. The highest BCUT2D eigenvalue weighted by molar-refractivity contribution is 5.30. The Bertz CT molecular complexity index is 499. The van der Waals surface area contributed by atoms with E-state index in [0.29, 0.717) is 5.92 Å². The molecule has 0 aliphatic carbocycles. The van der Waals surface area contributed by atoms with E-state index < -0.39 is 0 Å². The Labute approximate surface area is 107 Å². The van der Waals surface area contributed by atoms with Gasteiger partial charge in [-0.15, -0.1) is 0 Å². The van der Waals surface area contributed by atoms with Crippen molar-refractivity contribution >= 4 is 5.95 Å². The van der Waals surface area contributed by atoms with E-state index in [1.807, 2.05) is 18.6 Å². The summed E-state index contributed by atoms with van der Waals surface area (Å²) in [6.07, 6.45) is 9.74. The minimum atomic E-state index is 0.609. The standard InChI is InChI=1S/C13H17N5/c1-17-10-14-9-12(17)11-3-7-18(8-4-11)13-15-5-2-6-16-13/h2,5-6,9-11H,3-4,7-8H2,1H3. The highest BCUT2D eigenvalue weighted by Gasteiger charge is 2.23. The zero-order valence-electron chi connectivity index (χ0n) is 10.5. The molecule has 0 atom stereocenters. The van der Waals surface area contributed by atoms with Gasteiger partial charge < -0.3 is 9.47 Å². The predicted molar refractivity (Wildman–Crippen MR) is 69.4 cm³/mol. The van der Waals surface area contributed by atoms with Gasteiger partial charge in [0.25, 0.3) is 0 Å². The molecule has 2 aromatic rings. The second-order valence-corrected chi connectivity index (χ2v) is 4.74. The van der Waals surface area contributed by atoms with Gasteiger partial charge in [0.2, 0.25) is 5.95 Å². The van der Waals surface area contributed by atoms with Crippen molar-refractivity contribution in [2.45, 2.75) is 18.8 Å². The van der Waals surface area contributed by atoms with Gasteiger partial charge in [-0.05, 0) is 18.9 Å². The number of hydrogen-bond donors (Lipinski definition) is 0. The van der Waals surface area contributed by atoms with Gasteiger partial charge in [0, 0.05) is 50.3 Å². The third-order valence-corrected chi connectivity index (χ3v) is 3.60. The van der Waals surface area contributed by atoms with Crippen LogP contribution < -0.4 is 4.90 Å². The first-order valence-electron chi connectivity index (χ1n) is 6.33. The fourth-order valence-corrected chi connectivity index (χ4v) is 2.59. The van der Waals surface area contributed by atoms with Crippen LogP contribution in [0.4, 0.5) is 5.95 Å². The molecule has 1 fully saturated rings. The summed E-state index contributed by atoms with van der Waals surface area (Å²) in [6.45, 7) is 2.03. The Morgan fingerprint density at radius 3 is 2.50 bits per heavy atom. The highest BCUT2D eigenvalue weighted by Crippen LogP contribution is 2.28. The molecule has 0 saturated carbocycles. The third-order valence-electron chi connectivity index (χ3n) is 3.60. The van der Waals surface area contributed by atoms with Crippen LogP contribution in [0, 0.1) is 0 Å². The second kappa shape index (κ2) is 4.76. The van der Waals surface area contributed by atoms with E-state index in [4.69, 9.17) is 0 Å². The Balaban J connectivity index is 1.67. The number of piperidine rings is 1. The van der Waals surface area contributed by atoms with Crippen molar-refractivity contribution in [2.75, 3.05) is 18.0 Å². The van der Waals surface area contributed by atoms with Crippen molar-refractivity contribution in [3.63, 3.8) is 0 Å². The SMILES string of the molecule is Cn1cncc1C1CCN(c2ncccn2)CC1. The molecule has 5 nitrogen and oxygen atoms in total. The zero-order chi connectivity index (χ0) is 12.4. The van der Waals surface area contributed by atoms with E-state index in [2.05, 4.69) is 31.5 Å². The maximum absolute atomic E-state index is 4.31. The van der Waals surface area contributed by atoms with Gasteiger partial charge >= 0.3 is 0 Å². The smallest absolute Gasteiger partial charge is 0.225 e. The molecule has 18 heavy (non-hydrogen) atoms. The number of imidazole rings is 1. The summed E-state index contributed by atoms with van der Waals surface area (Å²) in [5, 5.41) is 0. The first-order chi connectivity index (χ1) is 8.84. The van der Waals surface area contributed by atoms with Crippen LogP contribution in [0.1, 0.15) is 24.5 Å². The molecule has 0 bridgehead atoms. The number of aromatic nitrogens is 4. The molecule has 0 aromatic carbocycles. The molecule has 0 amide bonds. The first kappa shape index (κ1) is 11.2. The summed E-state index contributed by atoms with van der Waals surface area (Å²) in [5.74, 6) is 1.46. The van der Waals surface area contributed by atoms with Gasteiger partial charge in [-0.1, -0.05) is 0 Å². The monoisotopic (exact) mass is 243 g/mol. The Hall–Kier alpha value is -1.91. The van der Waals surface area contributed by atoms with Gasteiger partial charge in [0.15, 0.2) is 0 Å². The average Bonchev–Trinajstić information content (AvgIpc) is 2.86. The quantitative estimate of drug-likeness (QED) is 0.803. The molecular weight excluding hydrogens is 226 g/mol. The lowest BCUT2D eigenvalue weighted by Crippen LogP contribution is -2.34. The largest absolute Gasteiger partial charge is 0.341 e. The third kappa shape index (κ3) is 2.08. The van der Waals surface area contributed by atoms with E-state index in [9.17, 15) is 0 Å². The van der Waals surface area contributed by atoms with E-state index in [1.165, 1.54) is 5.69 Å².